The number of aromatic amines is 2. The average molecular weight is 637 g/mol. The monoisotopic (exact) mass is 636 g/mol. The minimum atomic E-state index is -4.67. The Hall–Kier alpha value is -4.41. The van der Waals surface area contributed by atoms with Crippen molar-refractivity contribution in [1.29, 1.82) is 0 Å². The number of likely N-dealkylation sites (N-methyl/N-ethyl adjacent to an activating group) is 2. The Morgan fingerprint density at radius 2 is 1.11 bits per heavy atom. The molecule has 4 heterocycles. The number of nitrogens with zero attached hydrogens (tertiary/aromatic N) is 8. The number of aromatic nitrogens is 8. The summed E-state index contributed by atoms with van der Waals surface area (Å²) < 4.78 is 35.3. The summed E-state index contributed by atoms with van der Waals surface area (Å²) in [7, 11) is 3.74. The van der Waals surface area contributed by atoms with Gasteiger partial charge < -0.3 is 19.8 Å². The number of fused-ring (bicyclic) bond motifs is 2. The molecule has 6 rings (SSSR count). The molecular formula is C30H40N10O4S. The van der Waals surface area contributed by atoms with E-state index in [1.807, 2.05) is 9.36 Å². The summed E-state index contributed by atoms with van der Waals surface area (Å²) in [4.78, 5) is 19.1. The Balaban J connectivity index is 0.000000179. The first kappa shape index (κ1) is 33.5. The van der Waals surface area contributed by atoms with E-state index in [0.717, 1.165) is 39.0 Å². The van der Waals surface area contributed by atoms with Gasteiger partial charge in [-0.1, -0.05) is 12.1 Å². The quantitative estimate of drug-likeness (QED) is 0.164. The van der Waals surface area contributed by atoms with E-state index in [0.29, 0.717) is 0 Å². The number of benzene rings is 2. The number of rotatable bonds is 10. The Bertz CT molecular complexity index is 1730. The van der Waals surface area contributed by atoms with Gasteiger partial charge in [0.2, 0.25) is 0 Å². The summed E-state index contributed by atoms with van der Waals surface area (Å²) in [5, 5.41) is 10.9. The van der Waals surface area contributed by atoms with Crippen molar-refractivity contribution in [2.24, 2.45) is 0 Å². The Morgan fingerprint density at radius 3 is 1.44 bits per heavy atom. The second kappa shape index (κ2) is 15.5. The van der Waals surface area contributed by atoms with Crippen LogP contribution >= 0.6 is 0 Å². The van der Waals surface area contributed by atoms with Gasteiger partial charge in [-0.15, -0.1) is 0 Å². The van der Waals surface area contributed by atoms with E-state index in [1.54, 1.807) is 25.3 Å². The Labute approximate surface area is 262 Å². The maximum absolute atomic E-state index is 8.74. The van der Waals surface area contributed by atoms with Crippen molar-refractivity contribution in [2.75, 3.05) is 41.3 Å². The molecule has 4 aromatic heterocycles. The second-order valence-corrected chi connectivity index (χ2v) is 12.0. The molecule has 0 saturated carbocycles. The Kier molecular flexibility index (Phi) is 11.6. The maximum atomic E-state index is 8.74. The van der Waals surface area contributed by atoms with Gasteiger partial charge in [-0.25, -0.2) is 19.3 Å². The summed E-state index contributed by atoms with van der Waals surface area (Å²) in [6.07, 6.45) is 13.0. The molecule has 0 atom stereocenters. The van der Waals surface area contributed by atoms with Gasteiger partial charge in [-0.2, -0.15) is 18.6 Å². The van der Waals surface area contributed by atoms with E-state index in [4.69, 9.17) is 17.5 Å². The Morgan fingerprint density at radius 1 is 0.711 bits per heavy atom. The lowest BCUT2D eigenvalue weighted by atomic mass is 10.1. The normalized spacial score (nSPS) is 11.6. The lowest BCUT2D eigenvalue weighted by molar-refractivity contribution is 0.381. The van der Waals surface area contributed by atoms with Gasteiger partial charge in [0.25, 0.3) is 0 Å². The SMILES string of the molecule is CN(C)CCc1c[nH]c2ccc(Cn3cncn3)cc12.CN(C)CCc1c[nH]c2ccc(Cn3cncn3)cc12.O=S(=O)(O)O. The fourth-order valence-corrected chi connectivity index (χ4v) is 4.75. The van der Waals surface area contributed by atoms with Crippen molar-refractivity contribution in [3.63, 3.8) is 0 Å². The van der Waals surface area contributed by atoms with E-state index in [2.05, 4.69) is 117 Å². The lowest BCUT2D eigenvalue weighted by Crippen LogP contribution is -2.14. The highest BCUT2D eigenvalue weighted by atomic mass is 32.3. The molecule has 15 heteroatoms. The second-order valence-electron chi connectivity index (χ2n) is 11.1. The number of nitrogens with one attached hydrogen (secondary N) is 2. The number of hydrogen-bond acceptors (Lipinski definition) is 8. The van der Waals surface area contributed by atoms with Gasteiger partial charge >= 0.3 is 10.4 Å². The van der Waals surface area contributed by atoms with E-state index in [-0.39, 0.29) is 0 Å². The highest BCUT2D eigenvalue weighted by Gasteiger charge is 2.07. The minimum Gasteiger partial charge on any atom is -0.361 e. The molecule has 0 aliphatic heterocycles. The average Bonchev–Trinajstić information content (AvgIpc) is 3.79. The summed E-state index contributed by atoms with van der Waals surface area (Å²) >= 11 is 0. The minimum absolute atomic E-state index is 0.758. The molecule has 4 N–H and O–H groups in total. The standard InChI is InChI=1S/2C15H19N5.H2O4S/c2*1-19(2)6-5-13-8-17-15-4-3-12(7-14(13)15)9-20-11-16-10-18-20;1-5(2,3)4/h2*3-4,7-8,10-11,17H,5-6,9H2,1-2H3;(H2,1,2,3,4). The van der Waals surface area contributed by atoms with Crippen LogP contribution in [0.15, 0.2) is 74.1 Å². The topological polar surface area (TPSA) is 174 Å². The smallest absolute Gasteiger partial charge is 0.361 e. The van der Waals surface area contributed by atoms with Crippen molar-refractivity contribution >= 4 is 32.2 Å². The van der Waals surface area contributed by atoms with E-state index < -0.39 is 10.4 Å². The first-order valence-corrected chi connectivity index (χ1v) is 15.7. The predicted molar refractivity (Wildman–Crippen MR) is 174 cm³/mol. The first-order chi connectivity index (χ1) is 21.4. The molecule has 45 heavy (non-hydrogen) atoms. The van der Waals surface area contributed by atoms with E-state index in [9.17, 15) is 0 Å². The fraction of sp³-hybridized carbons (Fsp3) is 0.333. The van der Waals surface area contributed by atoms with E-state index in [1.165, 1.54) is 44.1 Å². The van der Waals surface area contributed by atoms with Gasteiger partial charge in [0.05, 0.1) is 13.1 Å². The van der Waals surface area contributed by atoms with Crippen LogP contribution in [0, 0.1) is 0 Å². The van der Waals surface area contributed by atoms with Crippen LogP contribution < -0.4 is 0 Å². The summed E-state index contributed by atoms with van der Waals surface area (Å²) in [5.74, 6) is 0. The molecule has 0 bridgehead atoms. The summed E-state index contributed by atoms with van der Waals surface area (Å²) in [6.45, 7) is 3.63. The number of H-pyrrole nitrogens is 2. The van der Waals surface area contributed by atoms with Gasteiger partial charge in [-0.05, 0) is 87.6 Å². The molecule has 0 unspecified atom stereocenters. The highest BCUT2D eigenvalue weighted by molar-refractivity contribution is 7.79. The van der Waals surface area contributed by atoms with Crippen molar-refractivity contribution in [2.45, 2.75) is 25.9 Å². The van der Waals surface area contributed by atoms with E-state index >= 15 is 0 Å². The van der Waals surface area contributed by atoms with Crippen molar-refractivity contribution in [3.05, 3.63) is 96.4 Å². The zero-order valence-corrected chi connectivity index (χ0v) is 26.7. The van der Waals surface area contributed by atoms with Crippen LogP contribution in [-0.2, 0) is 36.3 Å². The molecule has 14 nitrogen and oxygen atoms in total. The van der Waals surface area contributed by atoms with Crippen LogP contribution in [0.25, 0.3) is 21.8 Å². The van der Waals surface area contributed by atoms with Crippen molar-refractivity contribution in [1.82, 2.24) is 49.3 Å². The zero-order valence-electron chi connectivity index (χ0n) is 25.9. The summed E-state index contributed by atoms with van der Waals surface area (Å²) in [6, 6.07) is 13.0. The largest absolute Gasteiger partial charge is 0.394 e. The molecule has 0 radical (unpaired) electrons. The molecule has 0 fully saturated rings. The fourth-order valence-electron chi connectivity index (χ4n) is 4.75. The van der Waals surface area contributed by atoms with Gasteiger partial charge in [0, 0.05) is 47.3 Å². The van der Waals surface area contributed by atoms with Crippen LogP contribution in [0.4, 0.5) is 0 Å². The predicted octanol–water partition coefficient (Wildman–Crippen LogP) is 3.17. The van der Waals surface area contributed by atoms with Crippen molar-refractivity contribution in [3.8, 4) is 0 Å². The van der Waals surface area contributed by atoms with Gasteiger partial charge in [0.1, 0.15) is 25.3 Å². The lowest BCUT2D eigenvalue weighted by Gasteiger charge is -2.08. The molecule has 0 aliphatic carbocycles. The molecule has 0 saturated heterocycles. The molecule has 0 aliphatic rings. The third-order valence-corrected chi connectivity index (χ3v) is 6.94. The maximum Gasteiger partial charge on any atom is 0.394 e. The van der Waals surface area contributed by atoms with Gasteiger partial charge in [0.15, 0.2) is 0 Å². The van der Waals surface area contributed by atoms with Crippen LogP contribution in [0.1, 0.15) is 22.3 Å². The van der Waals surface area contributed by atoms with Crippen LogP contribution in [0.5, 0.6) is 0 Å². The first-order valence-electron chi connectivity index (χ1n) is 14.3. The van der Waals surface area contributed by atoms with Crippen molar-refractivity contribution < 1.29 is 17.5 Å². The third kappa shape index (κ3) is 10.9. The third-order valence-electron chi connectivity index (χ3n) is 6.94. The molecular weight excluding hydrogens is 596 g/mol. The van der Waals surface area contributed by atoms with Crippen LogP contribution in [0.2, 0.25) is 0 Å². The highest BCUT2D eigenvalue weighted by Crippen LogP contribution is 2.22. The van der Waals surface area contributed by atoms with Crippen LogP contribution in [0.3, 0.4) is 0 Å². The number of hydrogen-bond donors (Lipinski definition) is 4. The van der Waals surface area contributed by atoms with Crippen LogP contribution in [-0.4, -0.2) is 108 Å². The molecule has 6 aromatic rings. The molecule has 0 spiro atoms. The molecule has 2 aromatic carbocycles. The molecule has 0 amide bonds. The molecule has 240 valence electrons. The summed E-state index contributed by atoms with van der Waals surface area (Å²) in [5.41, 5.74) is 7.62. The van der Waals surface area contributed by atoms with Gasteiger partial charge in [-0.3, -0.25) is 9.11 Å². The zero-order chi connectivity index (χ0) is 32.4.